The van der Waals surface area contributed by atoms with Crippen molar-refractivity contribution in [1.82, 2.24) is 0 Å². The van der Waals surface area contributed by atoms with Gasteiger partial charge in [0, 0.05) is 0 Å². The number of hydrogen-bond acceptors (Lipinski definition) is 16. The van der Waals surface area contributed by atoms with Crippen molar-refractivity contribution >= 4 is 0 Å². The quantitative estimate of drug-likeness (QED) is 0.154. The number of aliphatic hydroxyl groups is 11. The van der Waals surface area contributed by atoms with Crippen LogP contribution in [0, 0.1) is 0 Å². The lowest BCUT2D eigenvalue weighted by molar-refractivity contribution is -0.382. The summed E-state index contributed by atoms with van der Waals surface area (Å²) in [5.74, 6) is 0. The van der Waals surface area contributed by atoms with Gasteiger partial charge in [0.15, 0.2) is 18.9 Å². The molecule has 0 aromatic rings. The molecule has 3 aliphatic heterocycles. The van der Waals surface area contributed by atoms with E-state index in [0.29, 0.717) is 0 Å². The highest BCUT2D eigenvalue weighted by molar-refractivity contribution is 4.96. The van der Waals surface area contributed by atoms with Crippen molar-refractivity contribution in [3.05, 3.63) is 0 Å². The molecule has 1 unspecified atom stereocenters. The SMILES string of the molecule is OC[C@H]1O[C@@H](O[C@H]2C(O)O[C@H](CO)[C@H](O[C@@H]3O[C@H](CO)[C@@H](O)[C@H](O)[C@H]3O)[C@@H]2O)[C@H](O)[C@@H](O)[C@H]1O. The summed E-state index contributed by atoms with van der Waals surface area (Å²) in [5, 5.41) is 109. The van der Waals surface area contributed by atoms with Crippen molar-refractivity contribution in [1.29, 1.82) is 0 Å². The van der Waals surface area contributed by atoms with Gasteiger partial charge in [0.2, 0.25) is 0 Å². The third kappa shape index (κ3) is 5.37. The Kier molecular flexibility index (Phi) is 9.54. The Balaban J connectivity index is 1.76. The summed E-state index contributed by atoms with van der Waals surface area (Å²) in [6, 6.07) is 0. The predicted molar refractivity (Wildman–Crippen MR) is 101 cm³/mol. The van der Waals surface area contributed by atoms with E-state index in [1.807, 2.05) is 0 Å². The average molecular weight is 504 g/mol. The molecule has 200 valence electrons. The summed E-state index contributed by atoms with van der Waals surface area (Å²) >= 11 is 0. The molecule has 3 heterocycles. The Morgan fingerprint density at radius 2 is 0.853 bits per heavy atom. The molecule has 34 heavy (non-hydrogen) atoms. The topological polar surface area (TPSA) is 269 Å². The Morgan fingerprint density at radius 1 is 0.441 bits per heavy atom. The molecular weight excluding hydrogens is 472 g/mol. The smallest absolute Gasteiger partial charge is 0.187 e. The normalized spacial score (nSPS) is 52.5. The summed E-state index contributed by atoms with van der Waals surface area (Å²) in [6.45, 7) is -2.31. The number of hydrogen-bond donors (Lipinski definition) is 11. The van der Waals surface area contributed by atoms with E-state index in [0.717, 1.165) is 0 Å². The van der Waals surface area contributed by atoms with Gasteiger partial charge in [-0.15, -0.1) is 0 Å². The Labute approximate surface area is 192 Å². The fraction of sp³-hybridized carbons (Fsp3) is 1.00. The van der Waals surface area contributed by atoms with Crippen molar-refractivity contribution < 1.29 is 79.9 Å². The van der Waals surface area contributed by atoms with E-state index >= 15 is 0 Å². The van der Waals surface area contributed by atoms with Crippen LogP contribution in [-0.4, -0.2) is 168 Å². The van der Waals surface area contributed by atoms with Gasteiger partial charge in [0.25, 0.3) is 0 Å². The third-order valence-electron chi connectivity index (χ3n) is 6.09. The van der Waals surface area contributed by atoms with E-state index in [2.05, 4.69) is 0 Å². The van der Waals surface area contributed by atoms with E-state index in [9.17, 15) is 56.2 Å². The van der Waals surface area contributed by atoms with E-state index in [1.165, 1.54) is 0 Å². The first kappa shape index (κ1) is 27.9. The van der Waals surface area contributed by atoms with Crippen LogP contribution in [-0.2, 0) is 23.7 Å². The second-order valence-corrected chi connectivity index (χ2v) is 8.33. The molecule has 0 amide bonds. The van der Waals surface area contributed by atoms with Crippen LogP contribution in [0.1, 0.15) is 0 Å². The summed E-state index contributed by atoms with van der Waals surface area (Å²) in [5.41, 5.74) is 0. The van der Waals surface area contributed by atoms with Crippen LogP contribution < -0.4 is 0 Å². The minimum absolute atomic E-state index is 0.750. The van der Waals surface area contributed by atoms with Crippen molar-refractivity contribution in [3.8, 4) is 0 Å². The van der Waals surface area contributed by atoms with Crippen molar-refractivity contribution in [2.24, 2.45) is 0 Å². The zero-order chi connectivity index (χ0) is 25.3. The fourth-order valence-electron chi connectivity index (χ4n) is 4.04. The number of aliphatic hydroxyl groups excluding tert-OH is 11. The lowest BCUT2D eigenvalue weighted by atomic mass is 9.96. The maximum absolute atomic E-state index is 10.8. The molecule has 11 N–H and O–H groups in total. The molecule has 0 radical (unpaired) electrons. The van der Waals surface area contributed by atoms with Crippen molar-refractivity contribution in [2.75, 3.05) is 19.8 Å². The van der Waals surface area contributed by atoms with Gasteiger partial charge >= 0.3 is 0 Å². The maximum Gasteiger partial charge on any atom is 0.187 e. The number of rotatable bonds is 7. The van der Waals surface area contributed by atoms with Gasteiger partial charge in [-0.25, -0.2) is 0 Å². The van der Waals surface area contributed by atoms with E-state index in [1.54, 1.807) is 0 Å². The lowest BCUT2D eigenvalue weighted by Crippen LogP contribution is -2.66. The highest BCUT2D eigenvalue weighted by atomic mass is 16.8. The average Bonchev–Trinajstić information content (AvgIpc) is 2.82. The minimum Gasteiger partial charge on any atom is -0.394 e. The molecule has 15 atom stereocenters. The largest absolute Gasteiger partial charge is 0.394 e. The lowest BCUT2D eigenvalue weighted by Gasteiger charge is -2.47. The summed E-state index contributed by atoms with van der Waals surface area (Å²) in [7, 11) is 0. The Bertz CT molecular complexity index is 637. The molecule has 0 aromatic heterocycles. The maximum atomic E-state index is 10.8. The fourth-order valence-corrected chi connectivity index (χ4v) is 4.04. The summed E-state index contributed by atoms with van der Waals surface area (Å²) in [6.07, 6.45) is -25.4. The molecule has 3 aliphatic rings. The van der Waals surface area contributed by atoms with Crippen LogP contribution in [0.5, 0.6) is 0 Å². The van der Waals surface area contributed by atoms with Crippen LogP contribution in [0.25, 0.3) is 0 Å². The molecular formula is C18H32O16. The van der Waals surface area contributed by atoms with Crippen LogP contribution in [0.3, 0.4) is 0 Å². The zero-order valence-corrected chi connectivity index (χ0v) is 17.7. The highest BCUT2D eigenvalue weighted by Crippen LogP contribution is 2.32. The minimum atomic E-state index is -1.92. The van der Waals surface area contributed by atoms with Crippen LogP contribution in [0.15, 0.2) is 0 Å². The monoisotopic (exact) mass is 504 g/mol. The zero-order valence-electron chi connectivity index (χ0n) is 17.7. The second-order valence-electron chi connectivity index (χ2n) is 8.33. The van der Waals surface area contributed by atoms with Crippen LogP contribution in [0.4, 0.5) is 0 Å². The van der Waals surface area contributed by atoms with Crippen molar-refractivity contribution in [3.63, 3.8) is 0 Å². The molecule has 0 aromatic carbocycles. The molecule has 0 saturated carbocycles. The summed E-state index contributed by atoms with van der Waals surface area (Å²) < 4.78 is 26.4. The standard InChI is InChI=1S/C18H32O16/c19-1-4-7(22)9(24)11(26)17(31-4)33-14-6(3-21)30-16(29)15(13(14)28)34-18-12(27)10(25)8(23)5(2-20)32-18/h4-29H,1-3H2/t4-,5-,6-,7-,8+,9+,10+,11-,12-,13+,14+,15-,16?,17+,18+/m1/s1. The van der Waals surface area contributed by atoms with Gasteiger partial charge in [-0.1, -0.05) is 0 Å². The molecule has 3 rings (SSSR count). The Hall–Kier alpha value is -0.640. The van der Waals surface area contributed by atoms with Gasteiger partial charge in [-0.05, 0) is 0 Å². The molecule has 0 aliphatic carbocycles. The molecule has 3 saturated heterocycles. The van der Waals surface area contributed by atoms with Crippen LogP contribution in [0.2, 0.25) is 0 Å². The first-order chi connectivity index (χ1) is 16.0. The Morgan fingerprint density at radius 3 is 1.26 bits per heavy atom. The van der Waals surface area contributed by atoms with Gasteiger partial charge in [-0.3, -0.25) is 0 Å². The molecule has 16 heteroatoms. The van der Waals surface area contributed by atoms with E-state index in [-0.39, 0.29) is 0 Å². The van der Waals surface area contributed by atoms with E-state index < -0.39 is 112 Å². The third-order valence-corrected chi connectivity index (χ3v) is 6.09. The highest BCUT2D eigenvalue weighted by Gasteiger charge is 2.53. The van der Waals surface area contributed by atoms with Crippen molar-refractivity contribution in [2.45, 2.75) is 92.1 Å². The van der Waals surface area contributed by atoms with E-state index in [4.69, 9.17) is 23.7 Å². The van der Waals surface area contributed by atoms with Gasteiger partial charge < -0.3 is 79.9 Å². The van der Waals surface area contributed by atoms with Gasteiger partial charge in [0.1, 0.15) is 73.2 Å². The number of ether oxygens (including phenoxy) is 5. The second kappa shape index (κ2) is 11.6. The van der Waals surface area contributed by atoms with Crippen LogP contribution >= 0.6 is 0 Å². The van der Waals surface area contributed by atoms with Gasteiger partial charge in [0.05, 0.1) is 19.8 Å². The van der Waals surface area contributed by atoms with Gasteiger partial charge in [-0.2, -0.15) is 0 Å². The molecule has 0 bridgehead atoms. The predicted octanol–water partition coefficient (Wildman–Crippen LogP) is -7.57. The molecule has 16 nitrogen and oxygen atoms in total. The molecule has 0 spiro atoms. The molecule has 3 fully saturated rings. The summed E-state index contributed by atoms with van der Waals surface area (Å²) in [4.78, 5) is 0. The first-order valence-corrected chi connectivity index (χ1v) is 10.6. The first-order valence-electron chi connectivity index (χ1n) is 10.6.